The smallest absolute Gasteiger partial charge is 0.397 e. The maximum absolute atomic E-state index is 7.03. The third kappa shape index (κ3) is 39.9. The molecule has 2 aromatic carbocycles. The highest BCUT2D eigenvalue weighted by molar-refractivity contribution is 7.42. The number of unbranched alkanes of at least 4 members (excludes halogenated alkanes) is 40. The molecule has 0 atom stereocenters. The van der Waals surface area contributed by atoms with Crippen molar-refractivity contribution < 1.29 is 27.1 Å². The summed E-state index contributed by atoms with van der Waals surface area (Å²) in [5.74, 6) is 2.02. The maximum atomic E-state index is 7.03. The van der Waals surface area contributed by atoms with Gasteiger partial charge in [0.05, 0.1) is 26.4 Å². The van der Waals surface area contributed by atoms with Gasteiger partial charge in [-0.05, 0) is 91.2 Å². The Labute approximate surface area is 539 Å². The molecule has 0 aliphatic rings. The summed E-state index contributed by atoms with van der Waals surface area (Å²) < 4.78 is 40.6. The first-order chi connectivity index (χ1) is 41.7. The molecule has 0 radical (unpaired) electrons. The van der Waals surface area contributed by atoms with Crippen LogP contribution in [0.15, 0.2) is 24.3 Å². The number of hydrogen-bond acceptors (Lipinski definition) is 6. The van der Waals surface area contributed by atoms with E-state index in [2.05, 4.69) is 114 Å². The molecule has 0 bridgehead atoms. The van der Waals surface area contributed by atoms with E-state index in [1.807, 2.05) is 0 Å². The van der Waals surface area contributed by atoms with E-state index < -0.39 is 17.2 Å². The normalized spacial score (nSPS) is 12.3. The first-order valence-electron chi connectivity index (χ1n) is 37.5. The zero-order valence-corrected chi connectivity index (χ0v) is 61.4. The van der Waals surface area contributed by atoms with E-state index in [4.69, 9.17) is 27.1 Å². The summed E-state index contributed by atoms with van der Waals surface area (Å²) in [6.45, 7) is 32.8. The lowest BCUT2D eigenvalue weighted by Gasteiger charge is -2.31. The average molecular weight is 1240 g/mol. The second-order valence-electron chi connectivity index (χ2n) is 28.4. The highest BCUT2D eigenvalue weighted by Crippen LogP contribution is 2.50. The fourth-order valence-corrected chi connectivity index (χ4v) is 14.3. The predicted octanol–water partition coefficient (Wildman–Crippen LogP) is 28.4. The summed E-state index contributed by atoms with van der Waals surface area (Å²) in [6.07, 6.45) is 60.1. The van der Waals surface area contributed by atoms with E-state index in [9.17, 15) is 0 Å². The van der Waals surface area contributed by atoms with Gasteiger partial charge in [-0.25, -0.2) is 0 Å². The topological polar surface area (TPSA) is 55.4 Å². The second-order valence-corrected chi connectivity index (χ2v) is 30.6. The molecule has 0 saturated heterocycles. The third-order valence-corrected chi connectivity index (χ3v) is 20.1. The Morgan fingerprint density at radius 3 is 0.698 bits per heavy atom. The van der Waals surface area contributed by atoms with E-state index in [0.29, 0.717) is 26.4 Å². The molecule has 6 nitrogen and oxygen atoms in total. The monoisotopic (exact) mass is 1240 g/mol. The zero-order valence-electron chi connectivity index (χ0n) is 59.6. The lowest BCUT2D eigenvalue weighted by molar-refractivity contribution is 0.197. The van der Waals surface area contributed by atoms with Crippen LogP contribution in [0.3, 0.4) is 0 Å². The van der Waals surface area contributed by atoms with E-state index in [-0.39, 0.29) is 16.7 Å². The molecule has 502 valence electrons. The minimum absolute atomic E-state index is 0.164. The van der Waals surface area contributed by atoms with Crippen molar-refractivity contribution >= 4 is 17.2 Å². The van der Waals surface area contributed by atoms with Gasteiger partial charge < -0.3 is 27.1 Å². The number of hydrogen-bond donors (Lipinski definition) is 0. The van der Waals surface area contributed by atoms with Crippen molar-refractivity contribution in [1.82, 2.24) is 0 Å². The molecule has 0 saturated carbocycles. The van der Waals surface area contributed by atoms with Gasteiger partial charge in [-0.15, -0.1) is 0 Å². The summed E-state index contributed by atoms with van der Waals surface area (Å²) in [5.41, 5.74) is 7.36. The van der Waals surface area contributed by atoms with Crippen molar-refractivity contribution in [2.24, 2.45) is 0 Å². The lowest BCUT2D eigenvalue weighted by Crippen LogP contribution is -2.17. The van der Waals surface area contributed by atoms with Crippen LogP contribution in [0.4, 0.5) is 0 Å². The predicted molar refractivity (Wildman–Crippen MR) is 381 cm³/mol. The van der Waals surface area contributed by atoms with Gasteiger partial charge in [0.1, 0.15) is 11.5 Å². The first-order valence-corrected chi connectivity index (χ1v) is 39.7. The van der Waals surface area contributed by atoms with Crippen LogP contribution in [0.2, 0.25) is 0 Å². The lowest BCUT2D eigenvalue weighted by atomic mass is 9.76. The zero-order chi connectivity index (χ0) is 62.8. The molecule has 0 aromatic heterocycles. The van der Waals surface area contributed by atoms with E-state index in [0.717, 1.165) is 50.0 Å². The van der Waals surface area contributed by atoms with E-state index in [1.165, 1.54) is 290 Å². The van der Waals surface area contributed by atoms with Crippen molar-refractivity contribution in [2.75, 3.05) is 26.4 Å². The summed E-state index contributed by atoms with van der Waals surface area (Å²) in [4.78, 5) is 0. The van der Waals surface area contributed by atoms with Crippen LogP contribution >= 0.6 is 17.2 Å². The van der Waals surface area contributed by atoms with Crippen LogP contribution in [0.1, 0.15) is 411 Å². The van der Waals surface area contributed by atoms with Gasteiger partial charge in [0.2, 0.25) is 0 Å². The number of rotatable bonds is 60. The highest BCUT2D eigenvalue weighted by Gasteiger charge is 2.31. The standard InChI is InChI=1S/C78H144O6P2/c1-14-19-23-27-31-35-39-43-47-51-55-60-79-85(80-61-56-52-48-44-40-36-32-28-24-20-15-2)83-75-64-68(6)71(66-73(75)77(8,9)10)70(59-18-5)72-67-74(78(11,12)13)76(65-69(72)7)84-86(81-62-57-53-49-45-41-37-33-29-25-21-16-3)82-63-58-54-50-46-42-38-34-30-26-22-17-4/h64-67,70H,14-63H2,1-13H3. The fourth-order valence-electron chi connectivity index (χ4n) is 12.2. The van der Waals surface area contributed by atoms with Crippen LogP contribution < -0.4 is 9.05 Å². The van der Waals surface area contributed by atoms with Crippen molar-refractivity contribution in [3.8, 4) is 11.5 Å². The Balaban J connectivity index is 2.34. The van der Waals surface area contributed by atoms with Crippen molar-refractivity contribution in [3.63, 3.8) is 0 Å². The molecule has 0 N–H and O–H groups in total. The summed E-state index contributed by atoms with van der Waals surface area (Å²) >= 11 is 0. The van der Waals surface area contributed by atoms with Crippen molar-refractivity contribution in [3.05, 3.63) is 57.6 Å². The number of benzene rings is 2. The molecule has 0 amide bonds. The largest absolute Gasteiger partial charge is 0.426 e. The quantitative estimate of drug-likeness (QED) is 0.0486. The van der Waals surface area contributed by atoms with Crippen molar-refractivity contribution in [2.45, 2.75) is 402 Å². The molecular weight excluding hydrogens is 1090 g/mol. The Morgan fingerprint density at radius 2 is 0.500 bits per heavy atom. The average Bonchev–Trinajstić information content (AvgIpc) is 1.23. The molecule has 0 spiro atoms. The molecule has 86 heavy (non-hydrogen) atoms. The number of aryl methyl sites for hydroxylation is 2. The Kier molecular flexibility index (Phi) is 50.1. The van der Waals surface area contributed by atoms with Gasteiger partial charge in [0.25, 0.3) is 0 Å². The first kappa shape index (κ1) is 80.8. The molecular formula is C78H144O6P2. The molecule has 2 rings (SSSR count). The molecule has 0 fully saturated rings. The molecule has 0 aliphatic heterocycles. The molecule has 0 unspecified atom stereocenters. The van der Waals surface area contributed by atoms with Crippen molar-refractivity contribution in [1.29, 1.82) is 0 Å². The van der Waals surface area contributed by atoms with E-state index in [1.54, 1.807) is 0 Å². The van der Waals surface area contributed by atoms with Gasteiger partial charge in [0, 0.05) is 17.0 Å². The summed E-state index contributed by atoms with van der Waals surface area (Å²) in [7, 11) is -3.11. The molecule has 2 aromatic rings. The Morgan fingerprint density at radius 1 is 0.291 bits per heavy atom. The van der Waals surface area contributed by atoms with Gasteiger partial charge in [-0.2, -0.15) is 0 Å². The SMILES string of the molecule is CCCCCCCCCCCCCOP(OCCCCCCCCCCCCC)Oc1cc(C)c(C(CCC)c2cc(C(C)(C)C)c(OP(OCCCCCCCCCCCCC)OCCCCCCCCCCCCC)cc2C)cc1C(C)(C)C. The minimum atomic E-state index is -1.55. The van der Waals surface area contributed by atoms with Crippen LogP contribution in [-0.4, -0.2) is 26.4 Å². The maximum Gasteiger partial charge on any atom is 0.397 e. The third-order valence-electron chi connectivity index (χ3n) is 17.8. The Hall–Kier alpha value is -1.26. The molecule has 0 heterocycles. The fraction of sp³-hybridized carbons (Fsp3) is 0.846. The van der Waals surface area contributed by atoms with Crippen LogP contribution in [0.5, 0.6) is 11.5 Å². The minimum Gasteiger partial charge on any atom is -0.426 e. The Bertz CT molecular complexity index is 1670. The summed E-state index contributed by atoms with van der Waals surface area (Å²) in [6, 6.07) is 9.60. The van der Waals surface area contributed by atoms with Gasteiger partial charge in [0.15, 0.2) is 0 Å². The van der Waals surface area contributed by atoms with Crippen LogP contribution in [-0.2, 0) is 28.9 Å². The highest BCUT2D eigenvalue weighted by atomic mass is 31.2. The van der Waals surface area contributed by atoms with E-state index >= 15 is 0 Å². The van der Waals surface area contributed by atoms with Crippen LogP contribution in [0.25, 0.3) is 0 Å². The second kappa shape index (κ2) is 53.3. The molecule has 8 heteroatoms. The van der Waals surface area contributed by atoms with Gasteiger partial charge >= 0.3 is 17.2 Å². The van der Waals surface area contributed by atoms with Gasteiger partial charge in [-0.1, -0.05) is 352 Å². The van der Waals surface area contributed by atoms with Gasteiger partial charge in [-0.3, -0.25) is 0 Å². The molecule has 0 aliphatic carbocycles. The summed E-state index contributed by atoms with van der Waals surface area (Å²) in [5, 5.41) is 0. The van der Waals surface area contributed by atoms with Crippen LogP contribution in [0, 0.1) is 13.8 Å².